The van der Waals surface area contributed by atoms with E-state index in [4.69, 9.17) is 10.5 Å². The maximum absolute atomic E-state index is 11.6. The molecule has 0 heterocycles. The van der Waals surface area contributed by atoms with Crippen LogP contribution in [0.4, 0.5) is 0 Å². The molecule has 0 aliphatic rings. The quantitative estimate of drug-likeness (QED) is 0.561. The molecule has 0 spiro atoms. The fraction of sp³-hybridized carbons (Fsp3) is 0.467. The Hall–Kier alpha value is -2.12. The Bertz CT molecular complexity index is 491. The van der Waals surface area contributed by atoms with Crippen molar-refractivity contribution in [2.75, 3.05) is 40.3 Å². The first-order valence-electron chi connectivity index (χ1n) is 7.12. The maximum Gasteiger partial charge on any atom is 0.239 e. The normalized spacial score (nSPS) is 10.4. The Morgan fingerprint density at radius 3 is 2.59 bits per heavy atom. The Morgan fingerprint density at radius 2 is 1.91 bits per heavy atom. The summed E-state index contributed by atoms with van der Waals surface area (Å²) in [7, 11) is 3.95. The molecule has 0 bridgehead atoms. The molecule has 0 radical (unpaired) electrons. The van der Waals surface area contributed by atoms with Gasteiger partial charge in [-0.05, 0) is 20.2 Å². The number of carbonyl (C=O) groups is 2. The van der Waals surface area contributed by atoms with Gasteiger partial charge in [-0.2, -0.15) is 0 Å². The van der Waals surface area contributed by atoms with Crippen molar-refractivity contribution in [1.82, 2.24) is 15.5 Å². The minimum atomic E-state index is -0.359. The van der Waals surface area contributed by atoms with Crippen LogP contribution in [0.1, 0.15) is 5.56 Å². The topological polar surface area (TPSA) is 96.7 Å². The number of para-hydroxylation sites is 1. The van der Waals surface area contributed by atoms with E-state index in [1.807, 2.05) is 43.3 Å². The van der Waals surface area contributed by atoms with Gasteiger partial charge in [-0.3, -0.25) is 9.59 Å². The minimum Gasteiger partial charge on any atom is -0.492 e. The van der Waals surface area contributed by atoms with Crippen molar-refractivity contribution >= 4 is 11.8 Å². The standard InChI is InChI=1S/C15H24N4O3/c1-19(2)7-8-22-13-6-4-3-5-12(13)10-17-15(21)11-18-14(20)9-16/h3-6H,7-11,16H2,1-2H3,(H,17,21)(H,18,20). The lowest BCUT2D eigenvalue weighted by atomic mass is 10.2. The van der Waals surface area contributed by atoms with Crippen molar-refractivity contribution in [3.8, 4) is 5.75 Å². The van der Waals surface area contributed by atoms with Crippen LogP contribution in [-0.4, -0.2) is 57.1 Å². The zero-order valence-electron chi connectivity index (χ0n) is 13.1. The lowest BCUT2D eigenvalue weighted by Gasteiger charge is -2.14. The first kappa shape index (κ1) is 17.9. The zero-order chi connectivity index (χ0) is 16.4. The predicted molar refractivity (Wildman–Crippen MR) is 84.4 cm³/mol. The van der Waals surface area contributed by atoms with Crippen LogP contribution in [0, 0.1) is 0 Å². The molecule has 1 aromatic carbocycles. The smallest absolute Gasteiger partial charge is 0.239 e. The van der Waals surface area contributed by atoms with E-state index in [-0.39, 0.29) is 24.9 Å². The van der Waals surface area contributed by atoms with Crippen LogP contribution >= 0.6 is 0 Å². The molecule has 0 aliphatic heterocycles. The highest BCUT2D eigenvalue weighted by atomic mass is 16.5. The number of likely N-dealkylation sites (N-methyl/N-ethyl adjacent to an activating group) is 1. The summed E-state index contributed by atoms with van der Waals surface area (Å²) >= 11 is 0. The van der Waals surface area contributed by atoms with Gasteiger partial charge in [0.15, 0.2) is 0 Å². The number of hydrogen-bond donors (Lipinski definition) is 3. The summed E-state index contributed by atoms with van der Waals surface area (Å²) in [4.78, 5) is 24.6. The molecular weight excluding hydrogens is 284 g/mol. The second-order valence-electron chi connectivity index (χ2n) is 5.02. The molecular formula is C15H24N4O3. The molecule has 7 heteroatoms. The molecule has 0 fully saturated rings. The molecule has 22 heavy (non-hydrogen) atoms. The number of nitrogens with two attached hydrogens (primary N) is 1. The van der Waals surface area contributed by atoms with Crippen molar-refractivity contribution in [1.29, 1.82) is 0 Å². The van der Waals surface area contributed by atoms with Gasteiger partial charge in [0, 0.05) is 18.7 Å². The second kappa shape index (κ2) is 9.75. The summed E-state index contributed by atoms with van der Waals surface area (Å²) < 4.78 is 5.72. The van der Waals surface area contributed by atoms with Gasteiger partial charge in [0.25, 0.3) is 0 Å². The first-order chi connectivity index (χ1) is 10.5. The van der Waals surface area contributed by atoms with Gasteiger partial charge in [-0.15, -0.1) is 0 Å². The number of hydrogen-bond acceptors (Lipinski definition) is 5. The molecule has 7 nitrogen and oxygen atoms in total. The van der Waals surface area contributed by atoms with Crippen molar-refractivity contribution in [2.24, 2.45) is 5.73 Å². The van der Waals surface area contributed by atoms with E-state index in [1.54, 1.807) is 0 Å². The average Bonchev–Trinajstić information content (AvgIpc) is 2.51. The highest BCUT2D eigenvalue weighted by Gasteiger charge is 2.07. The number of nitrogens with one attached hydrogen (secondary N) is 2. The van der Waals surface area contributed by atoms with E-state index in [2.05, 4.69) is 10.6 Å². The lowest BCUT2D eigenvalue weighted by molar-refractivity contribution is -0.125. The molecule has 4 N–H and O–H groups in total. The molecule has 1 rings (SSSR count). The summed E-state index contributed by atoms with van der Waals surface area (Å²) in [5, 5.41) is 5.15. The summed E-state index contributed by atoms with van der Waals surface area (Å²) in [5.41, 5.74) is 6.04. The van der Waals surface area contributed by atoms with Gasteiger partial charge in [0.2, 0.25) is 11.8 Å². The summed E-state index contributed by atoms with van der Waals surface area (Å²) in [6.07, 6.45) is 0. The van der Waals surface area contributed by atoms with Crippen LogP contribution in [0.2, 0.25) is 0 Å². The molecule has 0 unspecified atom stereocenters. The number of nitrogens with zero attached hydrogens (tertiary/aromatic N) is 1. The number of rotatable bonds is 9. The second-order valence-corrected chi connectivity index (χ2v) is 5.02. The van der Waals surface area contributed by atoms with Crippen molar-refractivity contribution in [2.45, 2.75) is 6.54 Å². The van der Waals surface area contributed by atoms with Gasteiger partial charge in [-0.25, -0.2) is 0 Å². The molecule has 1 aromatic rings. The third kappa shape index (κ3) is 7.05. The van der Waals surface area contributed by atoms with Crippen molar-refractivity contribution in [3.63, 3.8) is 0 Å². The number of amides is 2. The highest BCUT2D eigenvalue weighted by Crippen LogP contribution is 2.17. The van der Waals surface area contributed by atoms with Crippen LogP contribution in [0.15, 0.2) is 24.3 Å². The molecule has 0 aliphatic carbocycles. The molecule has 0 saturated heterocycles. The monoisotopic (exact) mass is 308 g/mol. The predicted octanol–water partition coefficient (Wildman–Crippen LogP) is -0.682. The van der Waals surface area contributed by atoms with Gasteiger partial charge < -0.3 is 26.0 Å². The number of carbonyl (C=O) groups excluding carboxylic acids is 2. The molecule has 0 saturated carbocycles. The Labute approximate surface area is 130 Å². The SMILES string of the molecule is CN(C)CCOc1ccccc1CNC(=O)CNC(=O)CN. The molecule has 122 valence electrons. The Morgan fingerprint density at radius 1 is 1.18 bits per heavy atom. The third-order valence-corrected chi connectivity index (χ3v) is 2.88. The molecule has 0 atom stereocenters. The fourth-order valence-corrected chi connectivity index (χ4v) is 1.64. The van der Waals surface area contributed by atoms with E-state index in [0.717, 1.165) is 17.9 Å². The van der Waals surface area contributed by atoms with Crippen LogP contribution in [0.3, 0.4) is 0 Å². The van der Waals surface area contributed by atoms with Gasteiger partial charge in [-0.1, -0.05) is 18.2 Å². The molecule has 0 aromatic heterocycles. The van der Waals surface area contributed by atoms with Gasteiger partial charge in [0.1, 0.15) is 12.4 Å². The third-order valence-electron chi connectivity index (χ3n) is 2.88. The van der Waals surface area contributed by atoms with Crippen LogP contribution in [0.5, 0.6) is 5.75 Å². The number of ether oxygens (including phenoxy) is 1. The van der Waals surface area contributed by atoms with Crippen molar-refractivity contribution < 1.29 is 14.3 Å². The Balaban J connectivity index is 2.44. The summed E-state index contributed by atoms with van der Waals surface area (Å²) in [6, 6.07) is 7.53. The average molecular weight is 308 g/mol. The van der Waals surface area contributed by atoms with E-state index in [9.17, 15) is 9.59 Å². The largest absolute Gasteiger partial charge is 0.492 e. The fourth-order valence-electron chi connectivity index (χ4n) is 1.64. The molecule has 2 amide bonds. The van der Waals surface area contributed by atoms with Crippen LogP contribution in [0.25, 0.3) is 0 Å². The minimum absolute atomic E-state index is 0.0836. The number of benzene rings is 1. The highest BCUT2D eigenvalue weighted by molar-refractivity contribution is 5.85. The Kier molecular flexibility index (Phi) is 7.95. The van der Waals surface area contributed by atoms with E-state index in [0.29, 0.717) is 13.2 Å². The zero-order valence-corrected chi connectivity index (χ0v) is 13.1. The summed E-state index contributed by atoms with van der Waals surface area (Å²) in [6.45, 7) is 1.52. The van der Waals surface area contributed by atoms with E-state index in [1.165, 1.54) is 0 Å². The van der Waals surface area contributed by atoms with Gasteiger partial charge in [0.05, 0.1) is 13.1 Å². The first-order valence-corrected chi connectivity index (χ1v) is 7.12. The van der Waals surface area contributed by atoms with Crippen LogP contribution < -0.4 is 21.1 Å². The van der Waals surface area contributed by atoms with Crippen LogP contribution in [-0.2, 0) is 16.1 Å². The maximum atomic E-state index is 11.6. The lowest BCUT2D eigenvalue weighted by Crippen LogP contribution is -2.39. The van der Waals surface area contributed by atoms with Gasteiger partial charge >= 0.3 is 0 Å². The van der Waals surface area contributed by atoms with E-state index >= 15 is 0 Å². The van der Waals surface area contributed by atoms with E-state index < -0.39 is 0 Å². The summed E-state index contributed by atoms with van der Waals surface area (Å²) in [5.74, 6) is 0.114. The van der Waals surface area contributed by atoms with Crippen molar-refractivity contribution in [3.05, 3.63) is 29.8 Å².